The number of carbonyl (C=O) groups is 1. The number of ether oxygens (including phenoxy) is 1. The van der Waals surface area contributed by atoms with Crippen LogP contribution in [-0.4, -0.2) is 25.5 Å². The van der Waals surface area contributed by atoms with Gasteiger partial charge in [-0.3, -0.25) is 9.48 Å². The second-order valence-electron chi connectivity index (χ2n) is 6.95. The third-order valence-electron chi connectivity index (χ3n) is 4.48. The summed E-state index contributed by atoms with van der Waals surface area (Å²) >= 11 is 9.50. The van der Waals surface area contributed by atoms with Gasteiger partial charge in [0.25, 0.3) is 5.91 Å². The molecule has 0 radical (unpaired) electrons. The van der Waals surface area contributed by atoms with Crippen molar-refractivity contribution in [2.24, 2.45) is 0 Å². The first-order valence-corrected chi connectivity index (χ1v) is 10.6. The highest BCUT2D eigenvalue weighted by Crippen LogP contribution is 2.27. The van der Waals surface area contributed by atoms with E-state index in [1.54, 1.807) is 41.5 Å². The Bertz CT molecular complexity index is 1200. The minimum absolute atomic E-state index is 0.128. The monoisotopic (exact) mass is 499 g/mol. The predicted octanol–water partition coefficient (Wildman–Crippen LogP) is 5.14. The van der Waals surface area contributed by atoms with Gasteiger partial charge in [-0.15, -0.1) is 0 Å². The highest BCUT2D eigenvalue weighted by atomic mass is 79.9. The van der Waals surface area contributed by atoms with Gasteiger partial charge in [0.2, 0.25) is 0 Å². The molecule has 4 rings (SSSR count). The number of hydrogen-bond acceptors (Lipinski definition) is 4. The van der Waals surface area contributed by atoms with E-state index >= 15 is 0 Å². The molecule has 4 aromatic rings. The summed E-state index contributed by atoms with van der Waals surface area (Å²) in [5, 5.41) is 11.9. The van der Waals surface area contributed by atoms with Crippen molar-refractivity contribution in [3.63, 3.8) is 0 Å². The number of aryl methyl sites for hydroxylation is 1. The van der Waals surface area contributed by atoms with E-state index in [0.717, 1.165) is 10.0 Å². The highest BCUT2D eigenvalue weighted by molar-refractivity contribution is 9.10. The molecule has 0 unspecified atom stereocenters. The van der Waals surface area contributed by atoms with Crippen molar-refractivity contribution in [2.75, 3.05) is 5.32 Å². The van der Waals surface area contributed by atoms with Crippen LogP contribution in [0.25, 0.3) is 0 Å². The molecule has 158 valence electrons. The van der Waals surface area contributed by atoms with Gasteiger partial charge in [0.15, 0.2) is 12.4 Å². The lowest BCUT2D eigenvalue weighted by atomic mass is 10.1. The van der Waals surface area contributed by atoms with E-state index in [2.05, 4.69) is 62.6 Å². The molecular weight excluding hydrogens is 482 g/mol. The first-order valence-electron chi connectivity index (χ1n) is 9.47. The largest absolute Gasteiger partial charge is 0.470 e. The maximum Gasteiger partial charge on any atom is 0.276 e. The van der Waals surface area contributed by atoms with Crippen molar-refractivity contribution >= 4 is 39.1 Å². The van der Waals surface area contributed by atoms with Crippen LogP contribution in [0.3, 0.4) is 0 Å². The van der Waals surface area contributed by atoms with Crippen molar-refractivity contribution in [2.45, 2.75) is 20.2 Å². The van der Waals surface area contributed by atoms with Crippen LogP contribution < -0.4 is 10.1 Å². The molecule has 0 aliphatic heterocycles. The smallest absolute Gasteiger partial charge is 0.276 e. The van der Waals surface area contributed by atoms with Gasteiger partial charge < -0.3 is 10.1 Å². The Labute approximate surface area is 192 Å². The molecule has 0 saturated heterocycles. The van der Waals surface area contributed by atoms with Crippen molar-refractivity contribution in [3.8, 4) is 5.75 Å². The van der Waals surface area contributed by atoms with Crippen molar-refractivity contribution in [1.29, 1.82) is 0 Å². The van der Waals surface area contributed by atoms with Gasteiger partial charge in [0.05, 0.1) is 23.5 Å². The third-order valence-corrected chi connectivity index (χ3v) is 5.26. The third kappa shape index (κ3) is 5.53. The number of anilines is 1. The molecule has 31 heavy (non-hydrogen) atoms. The number of carbonyl (C=O) groups excluding carboxylic acids is 1. The van der Waals surface area contributed by atoms with Crippen LogP contribution in [0.2, 0.25) is 5.02 Å². The molecule has 0 saturated carbocycles. The van der Waals surface area contributed by atoms with Crippen LogP contribution in [0, 0.1) is 6.92 Å². The Balaban J connectivity index is 1.33. The summed E-state index contributed by atoms with van der Waals surface area (Å²) in [7, 11) is 0. The summed E-state index contributed by atoms with van der Waals surface area (Å²) in [6.45, 7) is 2.80. The summed E-state index contributed by atoms with van der Waals surface area (Å²) in [6.07, 6.45) is 5.07. The fourth-order valence-electron chi connectivity index (χ4n) is 2.87. The fourth-order valence-corrected chi connectivity index (χ4v) is 3.60. The van der Waals surface area contributed by atoms with Gasteiger partial charge >= 0.3 is 0 Å². The first-order chi connectivity index (χ1) is 15.0. The SMILES string of the molecule is Cc1ccc(Cn2cc(NC(=O)c3ccn(COc4ccc(Br)cc4Cl)n3)cn2)cc1. The van der Waals surface area contributed by atoms with E-state index in [0.29, 0.717) is 23.0 Å². The lowest BCUT2D eigenvalue weighted by Gasteiger charge is -2.08. The van der Waals surface area contributed by atoms with Crippen LogP contribution in [-0.2, 0) is 13.3 Å². The number of nitrogens with zero attached hydrogens (tertiary/aromatic N) is 4. The van der Waals surface area contributed by atoms with Crippen molar-refractivity contribution in [3.05, 3.63) is 93.4 Å². The molecule has 0 atom stereocenters. The molecule has 0 fully saturated rings. The molecule has 2 heterocycles. The molecular formula is C22H19BrClN5O2. The van der Waals surface area contributed by atoms with Gasteiger partial charge in [-0.1, -0.05) is 57.4 Å². The molecule has 0 aliphatic rings. The van der Waals surface area contributed by atoms with Crippen LogP contribution in [0.1, 0.15) is 21.6 Å². The number of halogens is 2. The van der Waals surface area contributed by atoms with Gasteiger partial charge in [0.1, 0.15) is 5.75 Å². The number of hydrogen-bond donors (Lipinski definition) is 1. The maximum absolute atomic E-state index is 12.5. The second kappa shape index (κ2) is 9.36. The Hall–Kier alpha value is -3.10. The molecule has 1 N–H and O–H groups in total. The standard InChI is InChI=1S/C22H19BrClN5O2/c1-15-2-4-16(5-3-15)12-29-13-18(11-25-29)26-22(30)20-8-9-28(27-20)14-31-21-7-6-17(23)10-19(21)24/h2-11,13H,12,14H2,1H3,(H,26,30). The minimum Gasteiger partial charge on any atom is -0.470 e. The Kier molecular flexibility index (Phi) is 6.39. The average molecular weight is 501 g/mol. The zero-order valence-corrected chi connectivity index (χ0v) is 19.0. The summed E-state index contributed by atoms with van der Waals surface area (Å²) in [6, 6.07) is 15.2. The van der Waals surface area contributed by atoms with Gasteiger partial charge in [-0.25, -0.2) is 4.68 Å². The molecule has 0 spiro atoms. The maximum atomic E-state index is 12.5. The molecule has 2 aromatic heterocycles. The number of benzene rings is 2. The molecule has 0 bridgehead atoms. The number of nitrogens with one attached hydrogen (secondary N) is 1. The van der Waals surface area contributed by atoms with Crippen LogP contribution >= 0.6 is 27.5 Å². The Morgan fingerprint density at radius 1 is 1.16 bits per heavy atom. The van der Waals surface area contributed by atoms with Crippen molar-refractivity contribution in [1.82, 2.24) is 19.6 Å². The van der Waals surface area contributed by atoms with E-state index in [1.807, 2.05) is 6.07 Å². The molecule has 9 heteroatoms. The summed E-state index contributed by atoms with van der Waals surface area (Å²) in [4.78, 5) is 12.5. The predicted molar refractivity (Wildman–Crippen MR) is 122 cm³/mol. The normalized spacial score (nSPS) is 10.8. The molecule has 7 nitrogen and oxygen atoms in total. The van der Waals surface area contributed by atoms with E-state index in [4.69, 9.17) is 16.3 Å². The van der Waals surface area contributed by atoms with Crippen LogP contribution in [0.4, 0.5) is 5.69 Å². The topological polar surface area (TPSA) is 74.0 Å². The fraction of sp³-hybridized carbons (Fsp3) is 0.136. The lowest BCUT2D eigenvalue weighted by Crippen LogP contribution is -2.14. The van der Waals surface area contributed by atoms with Gasteiger partial charge in [-0.2, -0.15) is 10.2 Å². The molecule has 0 aliphatic carbocycles. The van der Waals surface area contributed by atoms with Crippen LogP contribution in [0.15, 0.2) is 71.6 Å². The first kappa shape index (κ1) is 21.1. The number of aromatic nitrogens is 4. The minimum atomic E-state index is -0.324. The summed E-state index contributed by atoms with van der Waals surface area (Å²) < 4.78 is 9.82. The highest BCUT2D eigenvalue weighted by Gasteiger charge is 2.12. The zero-order chi connectivity index (χ0) is 21.8. The van der Waals surface area contributed by atoms with E-state index in [1.165, 1.54) is 10.2 Å². The number of rotatable bonds is 7. The molecule has 2 aromatic carbocycles. The summed E-state index contributed by atoms with van der Waals surface area (Å²) in [5.41, 5.74) is 3.22. The lowest BCUT2D eigenvalue weighted by molar-refractivity contribution is 0.102. The average Bonchev–Trinajstić information content (AvgIpc) is 3.39. The van der Waals surface area contributed by atoms with Gasteiger partial charge in [-0.05, 0) is 36.8 Å². The van der Waals surface area contributed by atoms with Crippen LogP contribution in [0.5, 0.6) is 5.75 Å². The second-order valence-corrected chi connectivity index (χ2v) is 8.28. The Morgan fingerprint density at radius 3 is 2.74 bits per heavy atom. The van der Waals surface area contributed by atoms with E-state index in [9.17, 15) is 4.79 Å². The van der Waals surface area contributed by atoms with E-state index < -0.39 is 0 Å². The zero-order valence-electron chi connectivity index (χ0n) is 16.6. The summed E-state index contributed by atoms with van der Waals surface area (Å²) in [5.74, 6) is 0.211. The van der Waals surface area contributed by atoms with Crippen molar-refractivity contribution < 1.29 is 9.53 Å². The van der Waals surface area contributed by atoms with Gasteiger partial charge in [0, 0.05) is 16.9 Å². The quantitative estimate of drug-likeness (QED) is 0.381. The Morgan fingerprint density at radius 2 is 1.97 bits per heavy atom. The number of amides is 1. The van der Waals surface area contributed by atoms with E-state index in [-0.39, 0.29) is 18.3 Å². The molecule has 1 amide bonds.